The lowest BCUT2D eigenvalue weighted by Gasteiger charge is -1.96. The molecule has 0 heterocycles. The molecule has 0 N–H and O–H groups in total. The van der Waals surface area contributed by atoms with Crippen LogP contribution in [-0.4, -0.2) is 5.78 Å². The minimum atomic E-state index is 0.381. The topological polar surface area (TPSA) is 17.1 Å². The van der Waals surface area contributed by atoms with E-state index in [1.165, 1.54) is 6.42 Å². The summed E-state index contributed by atoms with van der Waals surface area (Å²) >= 11 is 0. The average molecular weight is 152 g/mol. The number of unbranched alkanes of at least 4 members (excludes halogenated alkanes) is 1. The van der Waals surface area contributed by atoms with E-state index >= 15 is 0 Å². The molecule has 0 aromatic carbocycles. The molecule has 0 radical (unpaired) electrons. The van der Waals surface area contributed by atoms with Gasteiger partial charge in [0.15, 0.2) is 5.78 Å². The number of allylic oxidation sites excluding steroid dienone is 2. The standard InChI is InChI=1S/C10H16O/c1-3-4-5-9-6-8(2)7-10(9)11/h6,8H,3-5,7H2,1-2H3/t8-/m0/s1. The zero-order chi connectivity index (χ0) is 8.27. The van der Waals surface area contributed by atoms with E-state index < -0.39 is 0 Å². The fourth-order valence-corrected chi connectivity index (χ4v) is 1.51. The lowest BCUT2D eigenvalue weighted by molar-refractivity contribution is -0.115. The van der Waals surface area contributed by atoms with Gasteiger partial charge in [-0.25, -0.2) is 0 Å². The van der Waals surface area contributed by atoms with E-state index in [0.29, 0.717) is 11.7 Å². The summed E-state index contributed by atoms with van der Waals surface area (Å²) in [6.07, 6.45) is 6.22. The molecule has 0 aromatic rings. The normalized spacial score (nSPS) is 24.0. The van der Waals surface area contributed by atoms with Gasteiger partial charge in [-0.2, -0.15) is 0 Å². The Morgan fingerprint density at radius 1 is 1.64 bits per heavy atom. The summed E-state index contributed by atoms with van der Waals surface area (Å²) in [4.78, 5) is 11.2. The zero-order valence-corrected chi connectivity index (χ0v) is 7.39. The minimum Gasteiger partial charge on any atom is -0.295 e. The molecule has 62 valence electrons. The van der Waals surface area contributed by atoms with E-state index in [2.05, 4.69) is 19.9 Å². The number of rotatable bonds is 3. The van der Waals surface area contributed by atoms with Crippen LogP contribution in [0.5, 0.6) is 0 Å². The van der Waals surface area contributed by atoms with Crippen molar-refractivity contribution in [3.63, 3.8) is 0 Å². The second-order valence-corrected chi connectivity index (χ2v) is 3.40. The van der Waals surface area contributed by atoms with Crippen LogP contribution in [0.15, 0.2) is 11.6 Å². The first-order chi connectivity index (χ1) is 5.24. The molecule has 0 unspecified atom stereocenters. The molecule has 1 aliphatic rings. The average Bonchev–Trinajstić information content (AvgIpc) is 2.26. The van der Waals surface area contributed by atoms with Crippen LogP contribution in [-0.2, 0) is 4.79 Å². The molecule has 0 fully saturated rings. The number of hydrogen-bond donors (Lipinski definition) is 0. The van der Waals surface area contributed by atoms with E-state index in [0.717, 1.165) is 24.8 Å². The molecule has 1 aliphatic carbocycles. The molecular formula is C10H16O. The van der Waals surface area contributed by atoms with E-state index in [9.17, 15) is 4.79 Å². The van der Waals surface area contributed by atoms with Crippen molar-refractivity contribution in [2.45, 2.75) is 39.5 Å². The molecular weight excluding hydrogens is 136 g/mol. The number of carbonyl (C=O) groups is 1. The minimum absolute atomic E-state index is 0.381. The Morgan fingerprint density at radius 2 is 2.36 bits per heavy atom. The Labute approximate surface area is 68.5 Å². The van der Waals surface area contributed by atoms with E-state index in [1.807, 2.05) is 0 Å². The van der Waals surface area contributed by atoms with Crippen molar-refractivity contribution in [2.75, 3.05) is 0 Å². The molecule has 0 bridgehead atoms. The maximum Gasteiger partial charge on any atom is 0.159 e. The van der Waals surface area contributed by atoms with Gasteiger partial charge >= 0.3 is 0 Å². The van der Waals surface area contributed by atoms with Crippen molar-refractivity contribution in [2.24, 2.45) is 5.92 Å². The summed E-state index contributed by atoms with van der Waals surface area (Å²) in [5, 5.41) is 0. The fourth-order valence-electron chi connectivity index (χ4n) is 1.51. The van der Waals surface area contributed by atoms with Gasteiger partial charge < -0.3 is 0 Å². The van der Waals surface area contributed by atoms with E-state index in [1.54, 1.807) is 0 Å². The highest BCUT2D eigenvalue weighted by molar-refractivity contribution is 5.97. The van der Waals surface area contributed by atoms with Gasteiger partial charge in [0.2, 0.25) is 0 Å². The predicted molar refractivity (Wildman–Crippen MR) is 46.4 cm³/mol. The third-order valence-electron chi connectivity index (χ3n) is 2.15. The first kappa shape index (κ1) is 8.51. The van der Waals surface area contributed by atoms with Crippen LogP contribution in [0.3, 0.4) is 0 Å². The maximum atomic E-state index is 11.2. The Balaban J connectivity index is 2.43. The van der Waals surface area contributed by atoms with Crippen LogP contribution in [0.4, 0.5) is 0 Å². The first-order valence-corrected chi connectivity index (χ1v) is 4.48. The van der Waals surface area contributed by atoms with E-state index in [4.69, 9.17) is 0 Å². The first-order valence-electron chi connectivity index (χ1n) is 4.48. The number of Topliss-reactive ketones (excluding diaryl/α,β-unsaturated/α-hetero) is 1. The van der Waals surface area contributed by atoms with Gasteiger partial charge in [-0.1, -0.05) is 26.3 Å². The predicted octanol–water partition coefficient (Wildman–Crippen LogP) is 2.71. The highest BCUT2D eigenvalue weighted by atomic mass is 16.1. The molecule has 11 heavy (non-hydrogen) atoms. The van der Waals surface area contributed by atoms with Crippen molar-refractivity contribution in [1.82, 2.24) is 0 Å². The molecule has 1 rings (SSSR count). The van der Waals surface area contributed by atoms with Crippen molar-refractivity contribution in [3.8, 4) is 0 Å². The Bertz CT molecular complexity index is 179. The van der Waals surface area contributed by atoms with Crippen LogP contribution in [0.1, 0.15) is 39.5 Å². The lowest BCUT2D eigenvalue weighted by atomic mass is 10.1. The van der Waals surface area contributed by atoms with E-state index in [-0.39, 0.29) is 0 Å². The summed E-state index contributed by atoms with van der Waals surface area (Å²) in [5.74, 6) is 0.875. The molecule has 1 nitrogen and oxygen atoms in total. The largest absolute Gasteiger partial charge is 0.295 e. The SMILES string of the molecule is CCCCC1=C[C@H](C)CC1=O. The molecule has 0 saturated carbocycles. The highest BCUT2D eigenvalue weighted by Gasteiger charge is 2.19. The molecule has 0 amide bonds. The molecule has 0 saturated heterocycles. The van der Waals surface area contributed by atoms with Crippen LogP contribution >= 0.6 is 0 Å². The van der Waals surface area contributed by atoms with Gasteiger partial charge in [0.1, 0.15) is 0 Å². The van der Waals surface area contributed by atoms with Crippen LogP contribution < -0.4 is 0 Å². The van der Waals surface area contributed by atoms with Gasteiger partial charge in [-0.15, -0.1) is 0 Å². The maximum absolute atomic E-state index is 11.2. The lowest BCUT2D eigenvalue weighted by Crippen LogP contribution is -1.96. The van der Waals surface area contributed by atoms with Crippen molar-refractivity contribution >= 4 is 5.78 Å². The summed E-state index contributed by atoms with van der Waals surface area (Å²) in [5.41, 5.74) is 1.08. The van der Waals surface area contributed by atoms with Crippen molar-refractivity contribution in [3.05, 3.63) is 11.6 Å². The third kappa shape index (κ3) is 2.18. The summed E-state index contributed by atoms with van der Waals surface area (Å²) in [6, 6.07) is 0. The second-order valence-electron chi connectivity index (χ2n) is 3.40. The Kier molecular flexibility index (Phi) is 2.86. The second kappa shape index (κ2) is 3.70. The Hall–Kier alpha value is -0.590. The quantitative estimate of drug-likeness (QED) is 0.607. The highest BCUT2D eigenvalue weighted by Crippen LogP contribution is 2.23. The van der Waals surface area contributed by atoms with Crippen molar-refractivity contribution in [1.29, 1.82) is 0 Å². The van der Waals surface area contributed by atoms with Crippen LogP contribution in [0, 0.1) is 5.92 Å². The van der Waals surface area contributed by atoms with Gasteiger partial charge in [-0.05, 0) is 24.3 Å². The van der Waals surface area contributed by atoms with Crippen LogP contribution in [0.25, 0.3) is 0 Å². The van der Waals surface area contributed by atoms with Crippen molar-refractivity contribution < 1.29 is 4.79 Å². The third-order valence-corrected chi connectivity index (χ3v) is 2.15. The van der Waals surface area contributed by atoms with Gasteiger partial charge in [-0.3, -0.25) is 4.79 Å². The fraction of sp³-hybridized carbons (Fsp3) is 0.700. The smallest absolute Gasteiger partial charge is 0.159 e. The van der Waals surface area contributed by atoms with Gasteiger partial charge in [0, 0.05) is 6.42 Å². The molecule has 0 spiro atoms. The van der Waals surface area contributed by atoms with Gasteiger partial charge in [0.05, 0.1) is 0 Å². The number of ketones is 1. The molecule has 1 heteroatoms. The number of carbonyl (C=O) groups excluding carboxylic acids is 1. The molecule has 0 aromatic heterocycles. The monoisotopic (exact) mass is 152 g/mol. The zero-order valence-electron chi connectivity index (χ0n) is 7.39. The van der Waals surface area contributed by atoms with Crippen LogP contribution in [0.2, 0.25) is 0 Å². The molecule has 0 aliphatic heterocycles. The number of hydrogen-bond acceptors (Lipinski definition) is 1. The molecule has 1 atom stereocenters. The summed E-state index contributed by atoms with van der Waals surface area (Å²) in [6.45, 7) is 4.26. The Morgan fingerprint density at radius 3 is 2.82 bits per heavy atom. The van der Waals surface area contributed by atoms with Gasteiger partial charge in [0.25, 0.3) is 0 Å². The summed E-state index contributed by atoms with van der Waals surface area (Å²) < 4.78 is 0. The summed E-state index contributed by atoms with van der Waals surface area (Å²) in [7, 11) is 0.